The molecule has 0 saturated carbocycles. The van der Waals surface area contributed by atoms with E-state index in [1.165, 1.54) is 48.7 Å². The van der Waals surface area contributed by atoms with Crippen LogP contribution in [0.3, 0.4) is 0 Å². The number of aryl methyl sites for hydroxylation is 2. The molecule has 2 aromatic carbocycles. The van der Waals surface area contributed by atoms with Crippen molar-refractivity contribution in [2.24, 2.45) is 0 Å². The second-order valence-corrected chi connectivity index (χ2v) is 15.4. The third-order valence-electron chi connectivity index (χ3n) is 7.86. The average molecular weight is 685 g/mol. The summed E-state index contributed by atoms with van der Waals surface area (Å²) in [5.41, 5.74) is -1.23. The van der Waals surface area contributed by atoms with E-state index in [1.54, 1.807) is 0 Å². The molecule has 45 heavy (non-hydrogen) atoms. The molecule has 1 aliphatic carbocycles. The van der Waals surface area contributed by atoms with Crippen LogP contribution in [0.2, 0.25) is 0 Å². The summed E-state index contributed by atoms with van der Waals surface area (Å²) >= 11 is 5.09. The van der Waals surface area contributed by atoms with Gasteiger partial charge in [-0.2, -0.15) is 26.3 Å². The highest BCUT2D eigenvalue weighted by molar-refractivity contribution is 7.24. The van der Waals surface area contributed by atoms with Gasteiger partial charge in [-0.1, -0.05) is 60.7 Å². The summed E-state index contributed by atoms with van der Waals surface area (Å²) < 4.78 is 93.1. The molecule has 0 saturated heterocycles. The highest BCUT2D eigenvalue weighted by atomic mass is 32.1. The molecule has 7 rings (SSSR count). The first-order valence-corrected chi connectivity index (χ1v) is 17.1. The van der Waals surface area contributed by atoms with E-state index in [4.69, 9.17) is 0 Å². The van der Waals surface area contributed by atoms with Gasteiger partial charge >= 0.3 is 17.8 Å². The Kier molecular flexibility index (Phi) is 7.27. The molecular weight excluding hydrogens is 663 g/mol. The highest BCUT2D eigenvalue weighted by Crippen LogP contribution is 2.66. The predicted molar refractivity (Wildman–Crippen MR) is 177 cm³/mol. The van der Waals surface area contributed by atoms with Gasteiger partial charge in [-0.15, -0.1) is 45.3 Å². The Morgan fingerprint density at radius 3 is 1.16 bits per heavy atom. The molecule has 0 fully saturated rings. The summed E-state index contributed by atoms with van der Waals surface area (Å²) in [6, 6.07) is 29.3. The van der Waals surface area contributed by atoms with Crippen molar-refractivity contribution in [2.45, 2.75) is 31.6 Å². The maximum Gasteiger partial charge on any atom is 0.380 e. The van der Waals surface area contributed by atoms with Crippen molar-refractivity contribution >= 4 is 56.5 Å². The number of rotatable bonds is 6. The fourth-order valence-corrected chi connectivity index (χ4v) is 9.83. The third-order valence-corrected chi connectivity index (χ3v) is 12.6. The first kappa shape index (κ1) is 30.2. The first-order chi connectivity index (χ1) is 21.4. The SMILES string of the molecule is Cc1sc(-c2ccc(-c3ccccc3)s2)cc1C1=C(c2cc(-c3ccc(-c4ccccc4)s3)sc2C)C(F)(F)C(F)(F)C1(F)F. The lowest BCUT2D eigenvalue weighted by atomic mass is 9.95. The standard InChI is InChI=1S/C35H22F6S4/c1-19-23(17-29(42-19)27-15-13-25(44-27)21-9-5-3-6-10-21)31-32(34(38,39)35(40,41)33(31,36)37)24-18-30(43-20(24)2)28-16-14-26(45-28)22-11-7-4-8-12-22/h3-18H,1-2H3. The van der Waals surface area contributed by atoms with Crippen molar-refractivity contribution in [3.63, 3.8) is 0 Å². The zero-order chi connectivity index (χ0) is 31.7. The van der Waals surface area contributed by atoms with Crippen LogP contribution in [0.15, 0.2) is 97.1 Å². The molecule has 10 heteroatoms. The van der Waals surface area contributed by atoms with Crippen molar-refractivity contribution < 1.29 is 26.3 Å². The van der Waals surface area contributed by atoms with Gasteiger partial charge in [0.15, 0.2) is 0 Å². The van der Waals surface area contributed by atoms with E-state index < -0.39 is 28.9 Å². The Morgan fingerprint density at radius 1 is 0.422 bits per heavy atom. The lowest BCUT2D eigenvalue weighted by Crippen LogP contribution is -2.48. The number of allylic oxidation sites excluding steroid dienone is 2. The molecule has 0 bridgehead atoms. The normalized spacial score (nSPS) is 16.9. The van der Waals surface area contributed by atoms with Crippen LogP contribution in [-0.4, -0.2) is 17.8 Å². The molecule has 1 aliphatic rings. The largest absolute Gasteiger partial charge is 0.380 e. The van der Waals surface area contributed by atoms with Crippen LogP contribution in [-0.2, 0) is 0 Å². The molecule has 6 aromatic rings. The first-order valence-electron chi connectivity index (χ1n) is 13.8. The van der Waals surface area contributed by atoms with Gasteiger partial charge in [0, 0.05) is 50.2 Å². The molecule has 0 spiro atoms. The summed E-state index contributed by atoms with van der Waals surface area (Å²) in [6.07, 6.45) is 0. The molecule has 0 radical (unpaired) electrons. The van der Waals surface area contributed by atoms with Gasteiger partial charge in [-0.3, -0.25) is 0 Å². The predicted octanol–water partition coefficient (Wildman–Crippen LogP) is 13.0. The van der Waals surface area contributed by atoms with Crippen molar-refractivity contribution in [1.29, 1.82) is 0 Å². The molecule has 0 amide bonds. The molecular formula is C35H22F6S4. The van der Waals surface area contributed by atoms with Gasteiger partial charge in [0.05, 0.1) is 0 Å². The van der Waals surface area contributed by atoms with Crippen molar-refractivity contribution in [1.82, 2.24) is 0 Å². The number of hydrogen-bond donors (Lipinski definition) is 0. The average Bonchev–Trinajstić information content (AvgIpc) is 3.84. The van der Waals surface area contributed by atoms with Crippen LogP contribution in [0.4, 0.5) is 26.3 Å². The lowest BCUT2D eigenvalue weighted by molar-refractivity contribution is -0.254. The Bertz CT molecular complexity index is 1910. The quantitative estimate of drug-likeness (QED) is 0.153. The third kappa shape index (κ3) is 4.76. The van der Waals surface area contributed by atoms with Crippen molar-refractivity contribution in [2.75, 3.05) is 0 Å². The van der Waals surface area contributed by atoms with Crippen LogP contribution in [0.25, 0.3) is 51.5 Å². The van der Waals surface area contributed by atoms with Crippen molar-refractivity contribution in [3.8, 4) is 40.4 Å². The zero-order valence-electron chi connectivity index (χ0n) is 23.6. The van der Waals surface area contributed by atoms with E-state index in [0.717, 1.165) is 53.3 Å². The number of halogens is 6. The van der Waals surface area contributed by atoms with E-state index in [0.29, 0.717) is 9.75 Å². The van der Waals surface area contributed by atoms with Crippen LogP contribution in [0, 0.1) is 13.8 Å². The topological polar surface area (TPSA) is 0 Å². The summed E-state index contributed by atoms with van der Waals surface area (Å²) in [5, 5.41) is 0. The monoisotopic (exact) mass is 684 g/mol. The maximum atomic E-state index is 15.7. The maximum absolute atomic E-state index is 15.7. The number of alkyl halides is 6. The fourth-order valence-electron chi connectivity index (χ4n) is 5.59. The van der Waals surface area contributed by atoms with E-state index >= 15 is 26.3 Å². The molecule has 4 aromatic heterocycles. The highest BCUT2D eigenvalue weighted by Gasteiger charge is 2.80. The second-order valence-electron chi connectivity index (χ2n) is 10.7. The van der Waals surface area contributed by atoms with E-state index in [1.807, 2.05) is 84.9 Å². The molecule has 228 valence electrons. The summed E-state index contributed by atoms with van der Waals surface area (Å²) in [4.78, 5) is 4.96. The van der Waals surface area contributed by atoms with Crippen LogP contribution < -0.4 is 0 Å². The minimum Gasteiger partial charge on any atom is -0.194 e. The van der Waals surface area contributed by atoms with Crippen molar-refractivity contribution in [3.05, 3.63) is 118 Å². The molecule has 0 aliphatic heterocycles. The number of thiophene rings is 4. The Hall–Kier alpha value is -3.44. The van der Waals surface area contributed by atoms with Gasteiger partial charge in [0.2, 0.25) is 0 Å². The number of benzene rings is 2. The van der Waals surface area contributed by atoms with Gasteiger partial charge in [0.25, 0.3) is 0 Å². The van der Waals surface area contributed by atoms with Gasteiger partial charge in [0.1, 0.15) is 0 Å². The molecule has 0 atom stereocenters. The van der Waals surface area contributed by atoms with Gasteiger partial charge in [-0.25, -0.2) is 0 Å². The zero-order valence-corrected chi connectivity index (χ0v) is 26.9. The molecule has 4 heterocycles. The molecule has 0 nitrogen and oxygen atoms in total. The summed E-state index contributed by atoms with van der Waals surface area (Å²) in [7, 11) is 0. The second kappa shape index (κ2) is 10.8. The van der Waals surface area contributed by atoms with E-state index in [2.05, 4.69) is 0 Å². The Balaban J connectivity index is 1.36. The van der Waals surface area contributed by atoms with Gasteiger partial charge in [-0.05, 0) is 72.5 Å². The number of hydrogen-bond acceptors (Lipinski definition) is 4. The minimum atomic E-state index is -5.61. The smallest absolute Gasteiger partial charge is 0.194 e. The Labute approximate surface area is 271 Å². The summed E-state index contributed by atoms with van der Waals surface area (Å²) in [6.45, 7) is 3.01. The summed E-state index contributed by atoms with van der Waals surface area (Å²) in [5.74, 6) is -15.8. The van der Waals surface area contributed by atoms with Crippen LogP contribution >= 0.6 is 45.3 Å². The fraction of sp³-hybridized carbons (Fsp3) is 0.143. The van der Waals surface area contributed by atoms with E-state index in [9.17, 15) is 0 Å². The van der Waals surface area contributed by atoms with Gasteiger partial charge < -0.3 is 0 Å². The Morgan fingerprint density at radius 2 is 0.778 bits per heavy atom. The van der Waals surface area contributed by atoms with Crippen LogP contribution in [0.5, 0.6) is 0 Å². The molecule has 0 N–H and O–H groups in total. The van der Waals surface area contributed by atoms with E-state index in [-0.39, 0.29) is 20.9 Å². The lowest BCUT2D eigenvalue weighted by Gasteiger charge is -2.25. The molecule has 0 unspecified atom stereocenters. The minimum absolute atomic E-state index is 0.263. The van der Waals surface area contributed by atoms with Crippen LogP contribution in [0.1, 0.15) is 20.9 Å².